The third-order valence-electron chi connectivity index (χ3n) is 4.61. The predicted octanol–water partition coefficient (Wildman–Crippen LogP) is 0.704. The van der Waals surface area contributed by atoms with Crippen molar-refractivity contribution in [2.24, 2.45) is 17.9 Å². The molecule has 1 aromatic carbocycles. The van der Waals surface area contributed by atoms with Crippen molar-refractivity contribution in [2.45, 2.75) is 13.0 Å². The number of hydroxylamine groups is 3. The van der Waals surface area contributed by atoms with E-state index in [1.54, 1.807) is 0 Å². The molecule has 2 aromatic rings. The Morgan fingerprint density at radius 2 is 2.17 bits per heavy atom. The number of anilines is 1. The summed E-state index contributed by atoms with van der Waals surface area (Å²) in [7, 11) is -2.27. The molecule has 0 amide bonds. The minimum Gasteiger partial charge on any atom is -0.390 e. The molecule has 0 unspecified atom stereocenters. The van der Waals surface area contributed by atoms with Crippen molar-refractivity contribution < 1.29 is 27.5 Å². The van der Waals surface area contributed by atoms with Gasteiger partial charge in [0.15, 0.2) is 11.5 Å². The first-order valence-electron chi connectivity index (χ1n) is 9.73. The maximum Gasteiger partial charge on any atom is 0.434 e. The molecule has 2 heterocycles. The Morgan fingerprint density at radius 3 is 2.74 bits per heavy atom. The highest BCUT2D eigenvalue weighted by atomic mass is 79.9. The topological polar surface area (TPSA) is 208 Å². The molecule has 3 rings (SSSR count). The predicted molar refractivity (Wildman–Crippen MR) is 124 cm³/mol. The van der Waals surface area contributed by atoms with Gasteiger partial charge in [0.1, 0.15) is 30.2 Å². The number of hydrogen-bond donors (Lipinski definition) is 4. The van der Waals surface area contributed by atoms with Crippen molar-refractivity contribution in [3.63, 3.8) is 0 Å². The van der Waals surface area contributed by atoms with E-state index < -0.39 is 32.5 Å². The van der Waals surface area contributed by atoms with Crippen LogP contribution in [0.4, 0.5) is 16.0 Å². The minimum atomic E-state index is -3.70. The average molecular weight is 578 g/mol. The molecule has 0 saturated heterocycles. The lowest BCUT2D eigenvalue weighted by atomic mass is 10.2. The van der Waals surface area contributed by atoms with Crippen LogP contribution in [0.3, 0.4) is 0 Å². The van der Waals surface area contributed by atoms with Crippen LogP contribution in [0.25, 0.3) is 0 Å². The zero-order valence-electron chi connectivity index (χ0n) is 18.1. The second-order valence-corrected chi connectivity index (χ2v) is 9.72. The number of imidazole rings is 1. The van der Waals surface area contributed by atoms with E-state index >= 15 is 0 Å². The Hall–Kier alpha value is -3.32. The summed E-state index contributed by atoms with van der Waals surface area (Å²) in [6, 6.07) is 3.92. The Morgan fingerprint density at radius 1 is 1.46 bits per heavy atom. The number of primary sulfonamides is 1. The first kappa shape index (κ1) is 26.3. The Balaban J connectivity index is 1.89. The highest BCUT2D eigenvalue weighted by Crippen LogP contribution is 2.32. The fraction of sp³-hybridized carbons (Fsp3) is 0.294. The fourth-order valence-corrected chi connectivity index (χ4v) is 3.86. The summed E-state index contributed by atoms with van der Waals surface area (Å²) >= 11 is 3.08. The van der Waals surface area contributed by atoms with Crippen LogP contribution in [0.15, 0.2) is 40.4 Å². The van der Waals surface area contributed by atoms with Gasteiger partial charge in [0.05, 0.1) is 23.0 Å². The van der Waals surface area contributed by atoms with Crippen molar-refractivity contribution in [3.05, 3.63) is 62.0 Å². The molecule has 0 fully saturated rings. The van der Waals surface area contributed by atoms with Gasteiger partial charge in [-0.3, -0.25) is 5.41 Å². The van der Waals surface area contributed by atoms with Crippen LogP contribution in [-0.2, 0) is 33.5 Å². The van der Waals surface area contributed by atoms with Gasteiger partial charge in [0, 0.05) is 6.54 Å². The van der Waals surface area contributed by atoms with E-state index in [1.165, 1.54) is 29.9 Å². The molecule has 15 nitrogen and oxygen atoms in total. The summed E-state index contributed by atoms with van der Waals surface area (Å²) in [6.07, 6.45) is 1.36. The van der Waals surface area contributed by atoms with Crippen molar-refractivity contribution >= 4 is 43.4 Å². The van der Waals surface area contributed by atoms with E-state index in [0.717, 1.165) is 16.4 Å². The number of nitrogens with zero attached hydrogens (tertiary/aromatic N) is 5. The van der Waals surface area contributed by atoms with Gasteiger partial charge in [-0.25, -0.2) is 27.4 Å². The lowest BCUT2D eigenvalue weighted by Gasteiger charge is -2.21. The summed E-state index contributed by atoms with van der Waals surface area (Å²) < 4.78 is 37.5. The van der Waals surface area contributed by atoms with E-state index in [4.69, 9.17) is 26.1 Å². The molecule has 1 aromatic heterocycles. The zero-order valence-corrected chi connectivity index (χ0v) is 20.5. The molecule has 190 valence electrons. The third kappa shape index (κ3) is 6.22. The van der Waals surface area contributed by atoms with Crippen LogP contribution >= 0.6 is 15.9 Å². The number of rotatable bonds is 11. The number of hydrogen-bond acceptors (Lipinski definition) is 11. The summed E-state index contributed by atoms with van der Waals surface area (Å²) in [4.78, 5) is 25.4. The molecule has 0 radical (unpaired) electrons. The fourth-order valence-electron chi connectivity index (χ4n) is 2.94. The highest BCUT2D eigenvalue weighted by Gasteiger charge is 2.36. The third-order valence-corrected chi connectivity index (χ3v) is 6.07. The molecule has 18 heteroatoms. The van der Waals surface area contributed by atoms with Crippen LogP contribution in [0.2, 0.25) is 0 Å². The lowest BCUT2D eigenvalue weighted by molar-refractivity contribution is -0.396. The standard InChI is InChI=1S/C17H21BrFN9O6S/c1-25-11(8-24-17(25)27(29)30)9-33-28-16(23-5-2-6-35(22,31)32)14(15(20)21)26(34-28)10-3-4-13(19)12(18)7-10/h3-4,7-8,23H,2,5-6,9H2,1H3,(H3,20,21)(H2,22,31,32). The molecule has 1 aliphatic rings. The number of nitro groups is 1. The number of aromatic nitrogens is 2. The van der Waals surface area contributed by atoms with Gasteiger partial charge in [0.25, 0.3) is 0 Å². The van der Waals surface area contributed by atoms with E-state index in [2.05, 4.69) is 26.2 Å². The van der Waals surface area contributed by atoms with Gasteiger partial charge >= 0.3 is 5.95 Å². The van der Waals surface area contributed by atoms with Crippen LogP contribution in [0, 0.1) is 21.3 Å². The summed E-state index contributed by atoms with van der Waals surface area (Å²) in [5.41, 5.74) is 6.35. The molecule has 0 spiro atoms. The second kappa shape index (κ2) is 10.5. The number of nitrogens with one attached hydrogen (secondary N) is 2. The number of amidine groups is 1. The average Bonchev–Trinajstić information content (AvgIpc) is 3.31. The van der Waals surface area contributed by atoms with Gasteiger partial charge in [-0.2, -0.15) is 5.06 Å². The van der Waals surface area contributed by atoms with Gasteiger partial charge in [-0.1, -0.05) is 10.2 Å². The van der Waals surface area contributed by atoms with E-state index in [9.17, 15) is 22.9 Å². The summed E-state index contributed by atoms with van der Waals surface area (Å²) in [5, 5.41) is 29.0. The molecule has 6 N–H and O–H groups in total. The summed E-state index contributed by atoms with van der Waals surface area (Å²) in [5.74, 6) is -1.66. The van der Waals surface area contributed by atoms with Crippen LogP contribution in [-0.4, -0.2) is 46.3 Å². The van der Waals surface area contributed by atoms with E-state index in [-0.39, 0.29) is 47.0 Å². The number of benzene rings is 1. The van der Waals surface area contributed by atoms with E-state index in [1.807, 2.05) is 0 Å². The molecular weight excluding hydrogens is 557 g/mol. The molecule has 0 atom stereocenters. The largest absolute Gasteiger partial charge is 0.434 e. The van der Waals surface area contributed by atoms with Crippen molar-refractivity contribution in [3.8, 4) is 0 Å². The summed E-state index contributed by atoms with van der Waals surface area (Å²) in [6.45, 7) is -0.171. The molecule has 1 aliphatic heterocycles. The highest BCUT2D eigenvalue weighted by molar-refractivity contribution is 9.10. The molecule has 35 heavy (non-hydrogen) atoms. The molecular formula is C17H21BrFN9O6S. The molecule has 0 aliphatic carbocycles. The van der Waals surface area contributed by atoms with Crippen molar-refractivity contribution in [1.29, 1.82) is 5.41 Å². The van der Waals surface area contributed by atoms with Crippen molar-refractivity contribution in [2.75, 3.05) is 17.4 Å². The van der Waals surface area contributed by atoms with E-state index in [0.29, 0.717) is 5.69 Å². The van der Waals surface area contributed by atoms with Crippen LogP contribution in [0.1, 0.15) is 12.1 Å². The smallest absolute Gasteiger partial charge is 0.390 e. The molecule has 0 saturated carbocycles. The maximum absolute atomic E-state index is 13.8. The lowest BCUT2D eigenvalue weighted by Crippen LogP contribution is -2.31. The number of nitrogens with two attached hydrogens (primary N) is 2. The quantitative estimate of drug-likeness (QED) is 0.0959. The second-order valence-electron chi connectivity index (χ2n) is 7.13. The van der Waals surface area contributed by atoms with Crippen LogP contribution < -0.4 is 21.3 Å². The maximum atomic E-state index is 13.8. The minimum absolute atomic E-state index is 0.0184. The zero-order chi connectivity index (χ0) is 25.9. The Bertz CT molecular complexity index is 1280. The van der Waals surface area contributed by atoms with Gasteiger partial charge in [-0.15, -0.1) is 4.94 Å². The van der Waals surface area contributed by atoms with Crippen molar-refractivity contribution in [1.82, 2.24) is 20.1 Å². The van der Waals surface area contributed by atoms with Gasteiger partial charge in [0.2, 0.25) is 10.0 Å². The van der Waals surface area contributed by atoms with Gasteiger partial charge in [-0.05, 0) is 45.5 Å². The van der Waals surface area contributed by atoms with Crippen LogP contribution in [0.5, 0.6) is 0 Å². The monoisotopic (exact) mass is 577 g/mol. The normalized spacial score (nSPS) is 14.1. The Kier molecular flexibility index (Phi) is 7.90. The first-order chi connectivity index (χ1) is 16.4. The molecule has 0 bridgehead atoms. The number of halogens is 2. The SMILES string of the molecule is Cn1c(CON2ON(c3ccc(F)c(Br)c3)C(C(=N)N)=C2NCCCS(N)(=O)=O)cnc1[N+](=O)[O-]. The van der Waals surface area contributed by atoms with Gasteiger partial charge < -0.3 is 21.2 Å². The number of sulfonamides is 1. The first-order valence-corrected chi connectivity index (χ1v) is 12.2. The Labute approximate surface area is 206 Å².